The number of aromatic nitrogens is 3. The molecule has 206 valence electrons. The average Bonchev–Trinajstić information content (AvgIpc) is 2.85. The number of pyridine rings is 1. The van der Waals surface area contributed by atoms with Crippen LogP contribution in [0.5, 0.6) is 0 Å². The summed E-state index contributed by atoms with van der Waals surface area (Å²) in [7, 11) is 3.75. The second kappa shape index (κ2) is 12.7. The van der Waals surface area contributed by atoms with Crippen molar-refractivity contribution in [2.24, 2.45) is 0 Å². The van der Waals surface area contributed by atoms with Gasteiger partial charge in [-0.3, -0.25) is 4.98 Å². The Morgan fingerprint density at radius 1 is 1.13 bits per heavy atom. The summed E-state index contributed by atoms with van der Waals surface area (Å²) < 4.78 is 84.3. The number of allylic oxidation sites excluding steroid dienone is 3. The zero-order valence-electron chi connectivity index (χ0n) is 21.1. The fraction of sp³-hybridized carbons (Fsp3) is 0.296. The first-order valence-corrected chi connectivity index (χ1v) is 11.6. The van der Waals surface area contributed by atoms with Gasteiger partial charge >= 0.3 is 12.4 Å². The number of terminal acetylenes is 1. The predicted octanol–water partition coefficient (Wildman–Crippen LogP) is 6.23. The lowest BCUT2D eigenvalue weighted by Gasteiger charge is -2.15. The van der Waals surface area contributed by atoms with Crippen LogP contribution in [0.15, 0.2) is 60.5 Å². The van der Waals surface area contributed by atoms with Gasteiger partial charge in [-0.25, -0.2) is 9.97 Å². The number of fused-ring (bicyclic) bond motifs is 1. The third kappa shape index (κ3) is 8.80. The van der Waals surface area contributed by atoms with E-state index in [1.54, 1.807) is 0 Å². The van der Waals surface area contributed by atoms with Crippen molar-refractivity contribution >= 4 is 16.7 Å². The molecule has 39 heavy (non-hydrogen) atoms. The Bertz CT molecular complexity index is 1390. The van der Waals surface area contributed by atoms with Crippen LogP contribution in [0.1, 0.15) is 17.8 Å². The van der Waals surface area contributed by atoms with Gasteiger partial charge in [0.05, 0.1) is 29.8 Å². The van der Waals surface area contributed by atoms with Crippen molar-refractivity contribution in [1.82, 2.24) is 19.9 Å². The number of alkyl halides is 6. The minimum Gasteiger partial charge on any atom is -0.372 e. The third-order valence-corrected chi connectivity index (χ3v) is 5.19. The highest BCUT2D eigenvalue weighted by Crippen LogP contribution is 2.37. The fourth-order valence-corrected chi connectivity index (χ4v) is 3.43. The smallest absolute Gasteiger partial charge is 0.372 e. The van der Waals surface area contributed by atoms with Crippen LogP contribution in [-0.2, 0) is 17.5 Å². The number of hydrogen-bond donors (Lipinski definition) is 1. The maximum atomic E-state index is 13.6. The number of rotatable bonds is 10. The standard InChI is InChI=1S/C27H25F6N5O/c1-4-7-19(8-5-12-26(28,29)30)35-25-20-11-10-18(24-21(27(31,32)33)9-6-13-34-24)16-22(20)36-23(37-25)17-39-15-14-38(2)3/h1,5-11,13,16H,12,14-15,17H2,2-3H3,(H,35,36,37)/b8-5-,19-7+. The summed E-state index contributed by atoms with van der Waals surface area (Å²) in [4.78, 5) is 14.7. The third-order valence-electron chi connectivity index (χ3n) is 5.19. The van der Waals surface area contributed by atoms with Gasteiger partial charge in [0.25, 0.3) is 0 Å². The molecule has 0 saturated heterocycles. The maximum absolute atomic E-state index is 13.6. The lowest BCUT2D eigenvalue weighted by Crippen LogP contribution is -2.18. The van der Waals surface area contributed by atoms with E-state index in [0.717, 1.165) is 12.1 Å². The molecular formula is C27H25F6N5O. The zero-order chi connectivity index (χ0) is 28.6. The molecule has 6 nitrogen and oxygen atoms in total. The molecule has 12 heteroatoms. The number of anilines is 1. The van der Waals surface area contributed by atoms with Crippen LogP contribution in [0.4, 0.5) is 32.2 Å². The van der Waals surface area contributed by atoms with E-state index in [9.17, 15) is 26.3 Å². The number of halogens is 6. The number of hydrogen-bond acceptors (Lipinski definition) is 6. The van der Waals surface area contributed by atoms with E-state index < -0.39 is 24.3 Å². The van der Waals surface area contributed by atoms with Crippen molar-refractivity contribution in [1.29, 1.82) is 0 Å². The van der Waals surface area contributed by atoms with E-state index in [-0.39, 0.29) is 40.7 Å². The molecule has 0 saturated carbocycles. The van der Waals surface area contributed by atoms with Crippen molar-refractivity contribution in [2.45, 2.75) is 25.4 Å². The van der Waals surface area contributed by atoms with Crippen LogP contribution < -0.4 is 5.32 Å². The minimum atomic E-state index is -4.62. The predicted molar refractivity (Wildman–Crippen MR) is 136 cm³/mol. The first-order chi connectivity index (χ1) is 18.4. The number of benzene rings is 1. The number of likely N-dealkylation sites (N-methyl/N-ethyl adjacent to an activating group) is 1. The molecule has 0 amide bonds. The molecule has 3 aromatic rings. The van der Waals surface area contributed by atoms with Gasteiger partial charge in [0.2, 0.25) is 0 Å². The van der Waals surface area contributed by atoms with Crippen molar-refractivity contribution in [3.63, 3.8) is 0 Å². The molecule has 0 fully saturated rings. The van der Waals surface area contributed by atoms with Gasteiger partial charge in [0, 0.05) is 35.5 Å². The summed E-state index contributed by atoms with van der Waals surface area (Å²) in [5, 5.41) is 3.30. The normalized spacial score (nSPS) is 12.9. The monoisotopic (exact) mass is 549 g/mol. The quantitative estimate of drug-likeness (QED) is 0.140. The highest BCUT2D eigenvalue weighted by molar-refractivity contribution is 5.92. The fourth-order valence-electron chi connectivity index (χ4n) is 3.43. The molecule has 3 rings (SSSR count). The van der Waals surface area contributed by atoms with Crippen molar-refractivity contribution in [3.05, 3.63) is 71.8 Å². The molecule has 1 aromatic carbocycles. The Labute approximate surface area is 221 Å². The van der Waals surface area contributed by atoms with Crippen LogP contribution in [-0.4, -0.2) is 53.3 Å². The number of nitrogens with zero attached hydrogens (tertiary/aromatic N) is 4. The summed E-state index contributed by atoms with van der Waals surface area (Å²) in [6.07, 6.45) is -0.275. The van der Waals surface area contributed by atoms with E-state index in [1.807, 2.05) is 19.0 Å². The molecule has 1 N–H and O–H groups in total. The van der Waals surface area contributed by atoms with E-state index in [2.05, 4.69) is 26.2 Å². The summed E-state index contributed by atoms with van der Waals surface area (Å²) in [6, 6.07) is 6.52. The molecule has 0 aliphatic rings. The summed E-state index contributed by atoms with van der Waals surface area (Å²) in [5.41, 5.74) is -0.586. The molecular weight excluding hydrogens is 524 g/mol. The van der Waals surface area contributed by atoms with E-state index in [1.165, 1.54) is 42.6 Å². The topological polar surface area (TPSA) is 63.2 Å². The van der Waals surface area contributed by atoms with Crippen LogP contribution in [0, 0.1) is 12.3 Å². The van der Waals surface area contributed by atoms with E-state index >= 15 is 0 Å². The summed E-state index contributed by atoms with van der Waals surface area (Å²) in [6.45, 7) is 0.975. The van der Waals surface area contributed by atoms with Crippen LogP contribution in [0.2, 0.25) is 0 Å². The SMILES string of the molecule is C#C/C=C(\C=C/CC(F)(F)F)Nc1nc(COCCN(C)C)nc2cc(-c3ncccc3C(F)(F)F)ccc12. The highest BCUT2D eigenvalue weighted by Gasteiger charge is 2.34. The van der Waals surface area contributed by atoms with Gasteiger partial charge in [-0.1, -0.05) is 18.1 Å². The Kier molecular flexibility index (Phi) is 9.66. The molecule has 2 heterocycles. The van der Waals surface area contributed by atoms with Gasteiger partial charge in [-0.15, -0.1) is 6.42 Å². The second-order valence-electron chi connectivity index (χ2n) is 8.59. The maximum Gasteiger partial charge on any atom is 0.418 e. The van der Waals surface area contributed by atoms with Crippen molar-refractivity contribution in [3.8, 4) is 23.6 Å². The van der Waals surface area contributed by atoms with Crippen molar-refractivity contribution < 1.29 is 31.1 Å². The molecule has 0 aliphatic heterocycles. The Hall–Kier alpha value is -3.95. The lowest BCUT2D eigenvalue weighted by molar-refractivity contribution is -0.137. The van der Waals surface area contributed by atoms with Gasteiger partial charge in [-0.05, 0) is 44.4 Å². The highest BCUT2D eigenvalue weighted by atomic mass is 19.4. The van der Waals surface area contributed by atoms with Crippen LogP contribution >= 0.6 is 0 Å². The average molecular weight is 550 g/mol. The van der Waals surface area contributed by atoms with Crippen LogP contribution in [0.25, 0.3) is 22.2 Å². The van der Waals surface area contributed by atoms with Gasteiger partial charge in [-0.2, -0.15) is 26.3 Å². The van der Waals surface area contributed by atoms with Crippen molar-refractivity contribution in [2.75, 3.05) is 32.6 Å². The van der Waals surface area contributed by atoms with E-state index in [0.29, 0.717) is 18.5 Å². The van der Waals surface area contributed by atoms with E-state index in [4.69, 9.17) is 11.2 Å². The molecule has 0 spiro atoms. The Balaban J connectivity index is 2.06. The van der Waals surface area contributed by atoms with Gasteiger partial charge in [0.1, 0.15) is 12.4 Å². The molecule has 2 aromatic heterocycles. The largest absolute Gasteiger partial charge is 0.418 e. The molecule has 0 unspecified atom stereocenters. The summed E-state index contributed by atoms with van der Waals surface area (Å²) in [5.74, 6) is 2.65. The van der Waals surface area contributed by atoms with Gasteiger partial charge < -0.3 is 15.0 Å². The van der Waals surface area contributed by atoms with Crippen LogP contribution in [0.3, 0.4) is 0 Å². The minimum absolute atomic E-state index is 0.0157. The summed E-state index contributed by atoms with van der Waals surface area (Å²) >= 11 is 0. The first-order valence-electron chi connectivity index (χ1n) is 11.6. The molecule has 0 radical (unpaired) electrons. The zero-order valence-corrected chi connectivity index (χ0v) is 21.1. The van der Waals surface area contributed by atoms with Gasteiger partial charge in [0.15, 0.2) is 5.82 Å². The molecule has 0 bridgehead atoms. The molecule has 0 atom stereocenters. The Morgan fingerprint density at radius 3 is 2.56 bits per heavy atom. The lowest BCUT2D eigenvalue weighted by atomic mass is 10.0. The first kappa shape index (κ1) is 29.6. The Morgan fingerprint density at radius 2 is 1.90 bits per heavy atom. The number of ether oxygens (including phenoxy) is 1. The number of nitrogens with one attached hydrogen (secondary N) is 1. The second-order valence-corrected chi connectivity index (χ2v) is 8.59. The molecule has 0 aliphatic carbocycles.